The fraction of sp³-hybridized carbons (Fsp3) is 0.278. The standard InChI is InChI=1S/C18H19ClN2O3S.ClH/c1-24-13-5-2-11(3-6-13)17-16(22)18(23)21(9-8-20)14-7-4-12(19)10-15(14)25-17;/h2-7,10,16-17,22H,8-9,20H2,1H3;1H. The molecule has 0 aliphatic carbocycles. The molecule has 1 heterocycles. The van der Waals surface area contributed by atoms with Crippen LogP contribution in [0.1, 0.15) is 10.8 Å². The first-order chi connectivity index (χ1) is 12.0. The van der Waals surface area contributed by atoms with Gasteiger partial charge in [0, 0.05) is 23.0 Å². The Morgan fingerprint density at radius 1 is 1.27 bits per heavy atom. The summed E-state index contributed by atoms with van der Waals surface area (Å²) in [5.41, 5.74) is 7.22. The number of anilines is 1. The summed E-state index contributed by atoms with van der Waals surface area (Å²) in [5, 5.41) is 10.9. The van der Waals surface area contributed by atoms with Gasteiger partial charge in [-0.15, -0.1) is 24.2 Å². The van der Waals surface area contributed by atoms with E-state index in [0.717, 1.165) is 21.9 Å². The Labute approximate surface area is 167 Å². The van der Waals surface area contributed by atoms with E-state index < -0.39 is 11.4 Å². The van der Waals surface area contributed by atoms with Crippen molar-refractivity contribution in [2.45, 2.75) is 16.2 Å². The van der Waals surface area contributed by atoms with Crippen LogP contribution in [0.25, 0.3) is 0 Å². The van der Waals surface area contributed by atoms with E-state index in [1.807, 2.05) is 30.3 Å². The van der Waals surface area contributed by atoms with Gasteiger partial charge >= 0.3 is 0 Å². The summed E-state index contributed by atoms with van der Waals surface area (Å²) in [7, 11) is 1.59. The van der Waals surface area contributed by atoms with Gasteiger partial charge in [0.05, 0.1) is 18.0 Å². The molecule has 5 nitrogen and oxygen atoms in total. The molecule has 3 rings (SSSR count). The Balaban J connectivity index is 0.00000243. The molecule has 2 aromatic rings. The quantitative estimate of drug-likeness (QED) is 0.802. The van der Waals surface area contributed by atoms with Gasteiger partial charge in [-0.3, -0.25) is 4.79 Å². The van der Waals surface area contributed by atoms with Crippen LogP contribution in [-0.2, 0) is 4.79 Å². The number of fused-ring (bicyclic) bond motifs is 1. The van der Waals surface area contributed by atoms with E-state index in [0.29, 0.717) is 18.1 Å². The number of nitrogens with two attached hydrogens (primary N) is 1. The molecule has 1 amide bonds. The van der Waals surface area contributed by atoms with Crippen molar-refractivity contribution in [1.29, 1.82) is 0 Å². The predicted molar refractivity (Wildman–Crippen MR) is 108 cm³/mol. The number of carbonyl (C=O) groups is 1. The smallest absolute Gasteiger partial charge is 0.257 e. The van der Waals surface area contributed by atoms with Crippen LogP contribution in [0.2, 0.25) is 5.02 Å². The van der Waals surface area contributed by atoms with E-state index in [1.54, 1.807) is 19.2 Å². The van der Waals surface area contributed by atoms with Crippen LogP contribution in [0.15, 0.2) is 47.4 Å². The maximum Gasteiger partial charge on any atom is 0.257 e. The summed E-state index contributed by atoms with van der Waals surface area (Å²) in [5.74, 6) is 0.358. The second-order valence-corrected chi connectivity index (χ2v) is 7.27. The zero-order valence-corrected chi connectivity index (χ0v) is 16.5. The number of aliphatic hydroxyl groups excluding tert-OH is 1. The molecular weight excluding hydrogens is 395 g/mol. The summed E-state index contributed by atoms with van der Waals surface area (Å²) >= 11 is 7.56. The predicted octanol–water partition coefficient (Wildman–Crippen LogP) is 3.27. The number of halogens is 2. The molecule has 0 aromatic heterocycles. The fourth-order valence-corrected chi connectivity index (χ4v) is 4.36. The first-order valence-corrected chi connectivity index (χ1v) is 9.10. The SMILES string of the molecule is COc1ccc(C2Sc3cc(Cl)ccc3N(CCN)C(=O)C2O)cc1.Cl. The lowest BCUT2D eigenvalue weighted by Gasteiger charge is -2.24. The van der Waals surface area contributed by atoms with Crippen molar-refractivity contribution >= 4 is 47.4 Å². The van der Waals surface area contributed by atoms with E-state index in [9.17, 15) is 9.90 Å². The first kappa shape index (κ1) is 20.9. The van der Waals surface area contributed by atoms with Crippen LogP contribution in [0.4, 0.5) is 5.69 Å². The molecule has 140 valence electrons. The highest BCUT2D eigenvalue weighted by molar-refractivity contribution is 7.99. The molecule has 1 aliphatic heterocycles. The summed E-state index contributed by atoms with van der Waals surface area (Å²) in [6, 6.07) is 12.7. The second kappa shape index (κ2) is 8.97. The number of benzene rings is 2. The van der Waals surface area contributed by atoms with Gasteiger partial charge in [0.25, 0.3) is 5.91 Å². The van der Waals surface area contributed by atoms with Gasteiger partial charge in [0.2, 0.25) is 0 Å². The summed E-state index contributed by atoms with van der Waals surface area (Å²) in [6.45, 7) is 0.638. The summed E-state index contributed by atoms with van der Waals surface area (Å²) < 4.78 is 5.17. The number of carbonyl (C=O) groups excluding carboxylic acids is 1. The van der Waals surface area contributed by atoms with Crippen molar-refractivity contribution in [3.63, 3.8) is 0 Å². The normalized spacial score (nSPS) is 19.4. The van der Waals surface area contributed by atoms with Gasteiger partial charge in [-0.05, 0) is 35.9 Å². The van der Waals surface area contributed by atoms with Crippen molar-refractivity contribution in [2.75, 3.05) is 25.1 Å². The Morgan fingerprint density at radius 2 is 1.96 bits per heavy atom. The lowest BCUT2D eigenvalue weighted by atomic mass is 10.1. The van der Waals surface area contributed by atoms with E-state index >= 15 is 0 Å². The Morgan fingerprint density at radius 3 is 2.58 bits per heavy atom. The van der Waals surface area contributed by atoms with Crippen molar-refractivity contribution in [3.05, 3.63) is 53.1 Å². The number of amides is 1. The van der Waals surface area contributed by atoms with Crippen molar-refractivity contribution in [1.82, 2.24) is 0 Å². The van der Waals surface area contributed by atoms with Gasteiger partial charge in [0.1, 0.15) is 11.9 Å². The number of aliphatic hydroxyl groups is 1. The van der Waals surface area contributed by atoms with Gasteiger partial charge in [-0.25, -0.2) is 0 Å². The number of rotatable bonds is 4. The summed E-state index contributed by atoms with van der Waals surface area (Å²) in [4.78, 5) is 15.2. The average molecular weight is 415 g/mol. The molecule has 0 radical (unpaired) electrons. The lowest BCUT2D eigenvalue weighted by molar-refractivity contribution is -0.126. The van der Waals surface area contributed by atoms with Crippen molar-refractivity contribution < 1.29 is 14.6 Å². The van der Waals surface area contributed by atoms with Crippen LogP contribution >= 0.6 is 35.8 Å². The van der Waals surface area contributed by atoms with E-state index in [1.165, 1.54) is 16.7 Å². The van der Waals surface area contributed by atoms with Gasteiger partial charge in [0.15, 0.2) is 0 Å². The highest BCUT2D eigenvalue weighted by atomic mass is 35.5. The Hall–Kier alpha value is -1.44. The lowest BCUT2D eigenvalue weighted by Crippen LogP contribution is -2.42. The van der Waals surface area contributed by atoms with Crippen LogP contribution in [0.3, 0.4) is 0 Å². The maximum absolute atomic E-state index is 12.8. The average Bonchev–Trinajstić information content (AvgIpc) is 2.72. The molecule has 2 unspecified atom stereocenters. The van der Waals surface area contributed by atoms with Crippen molar-refractivity contribution in [3.8, 4) is 5.75 Å². The van der Waals surface area contributed by atoms with Gasteiger partial charge < -0.3 is 20.5 Å². The number of ether oxygens (including phenoxy) is 1. The highest BCUT2D eigenvalue weighted by Crippen LogP contribution is 2.46. The molecule has 26 heavy (non-hydrogen) atoms. The molecule has 2 aromatic carbocycles. The third-order valence-corrected chi connectivity index (χ3v) is 5.67. The molecule has 2 atom stereocenters. The minimum atomic E-state index is -1.18. The first-order valence-electron chi connectivity index (χ1n) is 7.85. The number of nitrogens with zero attached hydrogens (tertiary/aromatic N) is 1. The van der Waals surface area contributed by atoms with Crippen LogP contribution in [0.5, 0.6) is 5.75 Å². The molecule has 0 saturated heterocycles. The topological polar surface area (TPSA) is 75.8 Å². The molecule has 0 bridgehead atoms. The van der Waals surface area contributed by atoms with Gasteiger partial charge in [-0.1, -0.05) is 23.7 Å². The molecule has 1 aliphatic rings. The minimum Gasteiger partial charge on any atom is -0.497 e. The molecule has 3 N–H and O–H groups in total. The number of hydrogen-bond donors (Lipinski definition) is 2. The molecular formula is C18H20Cl2N2O3S. The van der Waals surface area contributed by atoms with E-state index in [4.69, 9.17) is 22.1 Å². The summed E-state index contributed by atoms with van der Waals surface area (Å²) in [6.07, 6.45) is -1.18. The molecule has 0 spiro atoms. The zero-order chi connectivity index (χ0) is 18.0. The number of thioether (sulfide) groups is 1. The molecule has 0 fully saturated rings. The van der Waals surface area contributed by atoms with Crippen LogP contribution in [-0.4, -0.2) is 37.3 Å². The van der Waals surface area contributed by atoms with Crippen LogP contribution < -0.4 is 15.4 Å². The van der Waals surface area contributed by atoms with Crippen LogP contribution in [0, 0.1) is 0 Å². The Kier molecular flexibility index (Phi) is 7.20. The third kappa shape index (κ3) is 4.10. The fourth-order valence-electron chi connectivity index (χ4n) is 2.82. The second-order valence-electron chi connectivity index (χ2n) is 5.65. The molecule has 8 heteroatoms. The maximum atomic E-state index is 12.8. The minimum absolute atomic E-state index is 0. The number of hydrogen-bond acceptors (Lipinski definition) is 5. The largest absolute Gasteiger partial charge is 0.497 e. The van der Waals surface area contributed by atoms with Gasteiger partial charge in [-0.2, -0.15) is 0 Å². The zero-order valence-electron chi connectivity index (χ0n) is 14.1. The van der Waals surface area contributed by atoms with Crippen molar-refractivity contribution in [2.24, 2.45) is 5.73 Å². The molecule has 0 saturated carbocycles. The third-order valence-electron chi connectivity index (χ3n) is 4.07. The highest BCUT2D eigenvalue weighted by Gasteiger charge is 2.37. The monoisotopic (exact) mass is 414 g/mol. The van der Waals surface area contributed by atoms with E-state index in [-0.39, 0.29) is 18.3 Å². The number of methoxy groups -OCH3 is 1. The van der Waals surface area contributed by atoms with E-state index in [2.05, 4.69) is 0 Å². The Bertz CT molecular complexity index is 774.